The number of nitrogens with zero attached hydrogens (tertiary/aromatic N) is 2. The van der Waals surface area contributed by atoms with Crippen LogP contribution in [-0.2, 0) is 11.3 Å². The Balaban J connectivity index is 1.60. The molecule has 4 rings (SSSR count). The molecule has 0 unspecified atom stereocenters. The molecule has 0 spiro atoms. The van der Waals surface area contributed by atoms with Crippen LogP contribution in [0.25, 0.3) is 20.7 Å². The molecule has 0 amide bonds. The third-order valence-electron chi connectivity index (χ3n) is 4.01. The first-order valence-electron chi connectivity index (χ1n) is 7.62. The molecular weight excluding hydrogens is 292 g/mol. The molecule has 1 aliphatic rings. The zero-order valence-corrected chi connectivity index (χ0v) is 13.2. The first kappa shape index (κ1) is 13.9. The predicted molar refractivity (Wildman–Crippen MR) is 91.2 cm³/mol. The number of pyridine rings is 1. The van der Waals surface area contributed by atoms with E-state index in [1.165, 1.54) is 20.7 Å². The monoisotopic (exact) mass is 310 g/mol. The topological polar surface area (TPSA) is 25.4 Å². The minimum Gasteiger partial charge on any atom is -0.379 e. The van der Waals surface area contributed by atoms with Gasteiger partial charge in [0, 0.05) is 30.7 Å². The lowest BCUT2D eigenvalue weighted by atomic mass is 10.1. The number of morpholine rings is 1. The zero-order chi connectivity index (χ0) is 14.8. The van der Waals surface area contributed by atoms with Gasteiger partial charge >= 0.3 is 0 Å². The number of benzene rings is 1. The summed E-state index contributed by atoms with van der Waals surface area (Å²) in [7, 11) is 0. The minimum absolute atomic E-state index is 0.849. The second kappa shape index (κ2) is 6.16. The molecule has 0 saturated carbocycles. The Bertz CT molecular complexity index is 744. The predicted octanol–water partition coefficient (Wildman–Crippen LogP) is 3.80. The number of fused-ring (bicyclic) bond motifs is 1. The molecule has 0 aliphatic carbocycles. The summed E-state index contributed by atoms with van der Waals surface area (Å²) in [5, 5.41) is 0. The van der Waals surface area contributed by atoms with Gasteiger partial charge in [-0.1, -0.05) is 18.2 Å². The van der Waals surface area contributed by atoms with Gasteiger partial charge in [-0.2, -0.15) is 0 Å². The van der Waals surface area contributed by atoms with E-state index in [-0.39, 0.29) is 0 Å². The van der Waals surface area contributed by atoms with Gasteiger partial charge in [0.1, 0.15) is 0 Å². The van der Waals surface area contributed by atoms with Gasteiger partial charge in [0.05, 0.1) is 23.4 Å². The summed E-state index contributed by atoms with van der Waals surface area (Å²) in [5.41, 5.74) is 3.74. The highest BCUT2D eigenvalue weighted by Crippen LogP contribution is 2.32. The van der Waals surface area contributed by atoms with E-state index in [0.717, 1.165) is 38.4 Å². The molecule has 1 aromatic carbocycles. The molecule has 0 radical (unpaired) electrons. The van der Waals surface area contributed by atoms with E-state index in [0.29, 0.717) is 0 Å². The van der Waals surface area contributed by atoms with Crippen LogP contribution < -0.4 is 0 Å². The number of hydrogen-bond donors (Lipinski definition) is 0. The van der Waals surface area contributed by atoms with Crippen LogP contribution in [0.2, 0.25) is 0 Å². The molecule has 0 N–H and O–H groups in total. The van der Waals surface area contributed by atoms with E-state index in [1.54, 1.807) is 0 Å². The molecule has 0 atom stereocenters. The van der Waals surface area contributed by atoms with Crippen LogP contribution in [0.5, 0.6) is 0 Å². The van der Waals surface area contributed by atoms with Crippen molar-refractivity contribution in [1.29, 1.82) is 0 Å². The van der Waals surface area contributed by atoms with Gasteiger partial charge in [-0.05, 0) is 35.4 Å². The Labute approximate surface area is 134 Å². The summed E-state index contributed by atoms with van der Waals surface area (Å²) in [6.45, 7) is 4.75. The van der Waals surface area contributed by atoms with Crippen LogP contribution in [0.1, 0.15) is 5.56 Å². The molecule has 1 fully saturated rings. The molecule has 2 aromatic heterocycles. The largest absolute Gasteiger partial charge is 0.379 e. The molecule has 0 bridgehead atoms. The first-order chi connectivity index (χ1) is 10.9. The van der Waals surface area contributed by atoms with E-state index in [2.05, 4.69) is 46.3 Å². The maximum Gasteiger partial charge on any atom is 0.0816 e. The first-order valence-corrected chi connectivity index (χ1v) is 8.44. The van der Waals surface area contributed by atoms with Crippen LogP contribution in [0.15, 0.2) is 48.7 Å². The fraction of sp³-hybridized carbons (Fsp3) is 0.278. The second-order valence-electron chi connectivity index (χ2n) is 5.59. The molecule has 4 heteroatoms. The summed E-state index contributed by atoms with van der Waals surface area (Å²) in [4.78, 5) is 8.17. The quantitative estimate of drug-likeness (QED) is 0.736. The number of aromatic nitrogens is 1. The third kappa shape index (κ3) is 2.90. The number of rotatable bonds is 3. The number of ether oxygens (including phenoxy) is 1. The molecule has 22 heavy (non-hydrogen) atoms. The van der Waals surface area contributed by atoms with Gasteiger partial charge in [-0.15, -0.1) is 11.3 Å². The smallest absolute Gasteiger partial charge is 0.0816 e. The molecule has 3 heterocycles. The van der Waals surface area contributed by atoms with Crippen LogP contribution in [0.3, 0.4) is 0 Å². The highest BCUT2D eigenvalue weighted by atomic mass is 32.1. The second-order valence-corrected chi connectivity index (χ2v) is 6.67. The third-order valence-corrected chi connectivity index (χ3v) is 5.15. The average molecular weight is 310 g/mol. The van der Waals surface area contributed by atoms with Crippen molar-refractivity contribution in [3.63, 3.8) is 0 Å². The van der Waals surface area contributed by atoms with E-state index >= 15 is 0 Å². The normalized spacial score (nSPS) is 16.2. The molecule has 1 aliphatic heterocycles. The standard InChI is InChI=1S/C18H18N2OS/c1-3-14(13-20-7-9-21-10-8-20)11-15(4-1)18-12-16-17(22-18)5-2-6-19-16/h1-6,11-12H,7-10,13H2. The van der Waals surface area contributed by atoms with Gasteiger partial charge < -0.3 is 4.74 Å². The number of hydrogen-bond acceptors (Lipinski definition) is 4. The Hall–Kier alpha value is -1.75. The lowest BCUT2D eigenvalue weighted by molar-refractivity contribution is 0.0342. The maximum atomic E-state index is 5.42. The molecule has 3 aromatic rings. The molecule has 1 saturated heterocycles. The fourth-order valence-corrected chi connectivity index (χ4v) is 3.87. The Morgan fingerprint density at radius 3 is 2.86 bits per heavy atom. The van der Waals surface area contributed by atoms with Crippen molar-refractivity contribution in [3.8, 4) is 10.4 Å². The summed E-state index contributed by atoms with van der Waals surface area (Å²) >= 11 is 1.81. The van der Waals surface area contributed by atoms with Crippen molar-refractivity contribution in [1.82, 2.24) is 9.88 Å². The van der Waals surface area contributed by atoms with E-state index in [4.69, 9.17) is 4.74 Å². The van der Waals surface area contributed by atoms with Gasteiger partial charge in [0.2, 0.25) is 0 Å². The highest BCUT2D eigenvalue weighted by Gasteiger charge is 2.11. The summed E-state index contributed by atoms with van der Waals surface area (Å²) < 4.78 is 6.66. The van der Waals surface area contributed by atoms with E-state index < -0.39 is 0 Å². The van der Waals surface area contributed by atoms with Crippen molar-refractivity contribution >= 4 is 21.6 Å². The van der Waals surface area contributed by atoms with Gasteiger partial charge in [-0.25, -0.2) is 0 Å². The van der Waals surface area contributed by atoms with Crippen molar-refractivity contribution in [2.24, 2.45) is 0 Å². The zero-order valence-electron chi connectivity index (χ0n) is 12.4. The lowest BCUT2D eigenvalue weighted by Gasteiger charge is -2.26. The fourth-order valence-electron chi connectivity index (χ4n) is 2.85. The van der Waals surface area contributed by atoms with Crippen molar-refractivity contribution in [2.75, 3.05) is 26.3 Å². The molecule has 112 valence electrons. The molecule has 3 nitrogen and oxygen atoms in total. The number of thiophene rings is 1. The van der Waals surface area contributed by atoms with Crippen molar-refractivity contribution in [3.05, 3.63) is 54.2 Å². The van der Waals surface area contributed by atoms with Crippen LogP contribution in [0.4, 0.5) is 0 Å². The van der Waals surface area contributed by atoms with E-state index in [1.807, 2.05) is 23.6 Å². The van der Waals surface area contributed by atoms with Crippen molar-refractivity contribution in [2.45, 2.75) is 6.54 Å². The van der Waals surface area contributed by atoms with Crippen molar-refractivity contribution < 1.29 is 4.74 Å². The summed E-state index contributed by atoms with van der Waals surface area (Å²) in [5.74, 6) is 0. The molecular formula is C18H18N2OS. The average Bonchev–Trinajstić information content (AvgIpc) is 3.00. The Morgan fingerprint density at radius 1 is 1.09 bits per heavy atom. The van der Waals surface area contributed by atoms with Crippen LogP contribution >= 0.6 is 11.3 Å². The van der Waals surface area contributed by atoms with E-state index in [9.17, 15) is 0 Å². The van der Waals surface area contributed by atoms with Crippen LogP contribution in [0, 0.1) is 0 Å². The van der Waals surface area contributed by atoms with Gasteiger partial charge in [0.15, 0.2) is 0 Å². The summed E-state index contributed by atoms with van der Waals surface area (Å²) in [6, 6.07) is 15.2. The van der Waals surface area contributed by atoms with Gasteiger partial charge in [-0.3, -0.25) is 9.88 Å². The minimum atomic E-state index is 0.849. The lowest BCUT2D eigenvalue weighted by Crippen LogP contribution is -2.35. The van der Waals surface area contributed by atoms with Crippen LogP contribution in [-0.4, -0.2) is 36.2 Å². The highest BCUT2D eigenvalue weighted by molar-refractivity contribution is 7.22. The van der Waals surface area contributed by atoms with Gasteiger partial charge in [0.25, 0.3) is 0 Å². The summed E-state index contributed by atoms with van der Waals surface area (Å²) in [6.07, 6.45) is 1.85. The SMILES string of the molecule is c1cc(CN2CCOCC2)cc(-c2cc3ncccc3s2)c1. The Kier molecular flexibility index (Phi) is 3.89. The maximum absolute atomic E-state index is 5.42. The Morgan fingerprint density at radius 2 is 2.00 bits per heavy atom.